The number of rotatable bonds is 4. The zero-order valence-electron chi connectivity index (χ0n) is 11.7. The molecule has 3 unspecified atom stereocenters. The molecule has 6 nitrogen and oxygen atoms in total. The molecule has 1 rings (SSSR count). The molecule has 6 heteroatoms. The summed E-state index contributed by atoms with van der Waals surface area (Å²) in [5.41, 5.74) is -0.00367. The average molecular weight is 257 g/mol. The number of imide groups is 1. The highest BCUT2D eigenvalue weighted by atomic mass is 16.5. The van der Waals surface area contributed by atoms with E-state index in [9.17, 15) is 9.59 Å². The van der Waals surface area contributed by atoms with Crippen LogP contribution in [-0.4, -0.2) is 44.3 Å². The third-order valence-corrected chi connectivity index (χ3v) is 3.77. The van der Waals surface area contributed by atoms with Gasteiger partial charge in [0, 0.05) is 25.6 Å². The van der Waals surface area contributed by atoms with Crippen LogP contribution < -0.4 is 16.0 Å². The molecule has 0 aromatic carbocycles. The van der Waals surface area contributed by atoms with Crippen molar-refractivity contribution >= 4 is 11.9 Å². The second kappa shape index (κ2) is 5.67. The zero-order valence-corrected chi connectivity index (χ0v) is 11.7. The van der Waals surface area contributed by atoms with Crippen LogP contribution >= 0.6 is 0 Å². The summed E-state index contributed by atoms with van der Waals surface area (Å²) in [6, 6.07) is -0.687. The summed E-state index contributed by atoms with van der Waals surface area (Å²) in [4.78, 5) is 22.7. The van der Waals surface area contributed by atoms with Gasteiger partial charge in [0.05, 0.1) is 12.1 Å². The maximum absolute atomic E-state index is 11.7. The molecule has 3 atom stereocenters. The van der Waals surface area contributed by atoms with Crippen LogP contribution in [-0.2, 0) is 9.53 Å². The van der Waals surface area contributed by atoms with Crippen molar-refractivity contribution in [2.24, 2.45) is 5.41 Å². The topological polar surface area (TPSA) is 79.5 Å². The van der Waals surface area contributed by atoms with Gasteiger partial charge in [-0.05, 0) is 13.3 Å². The molecule has 1 saturated carbocycles. The predicted molar refractivity (Wildman–Crippen MR) is 68.2 cm³/mol. The molecular weight excluding hydrogens is 234 g/mol. The summed E-state index contributed by atoms with van der Waals surface area (Å²) >= 11 is 0. The summed E-state index contributed by atoms with van der Waals surface area (Å²) in [6.07, 6.45) is 1.09. The Hall–Kier alpha value is -1.14. The van der Waals surface area contributed by atoms with E-state index in [4.69, 9.17) is 4.74 Å². The van der Waals surface area contributed by atoms with Gasteiger partial charge in [-0.1, -0.05) is 13.8 Å². The van der Waals surface area contributed by atoms with E-state index in [-0.39, 0.29) is 23.5 Å². The summed E-state index contributed by atoms with van der Waals surface area (Å²) in [5.74, 6) is -0.328. The first-order valence-corrected chi connectivity index (χ1v) is 6.14. The van der Waals surface area contributed by atoms with Gasteiger partial charge in [0.1, 0.15) is 0 Å². The highest BCUT2D eigenvalue weighted by molar-refractivity contribution is 5.96. The standard InChI is InChI=1S/C12H23N3O3/c1-7(10(16)15-11(17)13-4)14-8-6-9(18-5)12(8,2)3/h7-9,14H,6H2,1-5H3,(H2,13,15,16,17). The Morgan fingerprint density at radius 2 is 2.00 bits per heavy atom. The fraction of sp³-hybridized carbons (Fsp3) is 0.833. The van der Waals surface area contributed by atoms with Gasteiger partial charge in [-0.2, -0.15) is 0 Å². The van der Waals surface area contributed by atoms with Crippen molar-refractivity contribution in [3.8, 4) is 0 Å². The molecule has 0 aromatic rings. The lowest BCUT2D eigenvalue weighted by Gasteiger charge is -2.52. The molecule has 104 valence electrons. The summed E-state index contributed by atoms with van der Waals surface area (Å²) in [7, 11) is 3.17. The van der Waals surface area contributed by atoms with Crippen molar-refractivity contribution in [2.75, 3.05) is 14.2 Å². The molecule has 3 N–H and O–H groups in total. The first-order valence-electron chi connectivity index (χ1n) is 6.14. The van der Waals surface area contributed by atoms with E-state index in [1.165, 1.54) is 7.05 Å². The smallest absolute Gasteiger partial charge is 0.321 e. The number of methoxy groups -OCH3 is 1. The number of hydrogen-bond acceptors (Lipinski definition) is 4. The Balaban J connectivity index is 2.44. The first kappa shape index (κ1) is 14.9. The lowest BCUT2D eigenvalue weighted by Crippen LogP contribution is -2.64. The van der Waals surface area contributed by atoms with Gasteiger partial charge in [-0.25, -0.2) is 4.79 Å². The average Bonchev–Trinajstić information content (AvgIpc) is 2.33. The minimum absolute atomic E-state index is 0.00367. The highest BCUT2D eigenvalue weighted by Gasteiger charge is 2.49. The number of ether oxygens (including phenoxy) is 1. The molecule has 0 spiro atoms. The Labute approximate surface area is 108 Å². The third-order valence-electron chi connectivity index (χ3n) is 3.77. The van der Waals surface area contributed by atoms with Crippen molar-refractivity contribution in [1.82, 2.24) is 16.0 Å². The van der Waals surface area contributed by atoms with Crippen LogP contribution in [0.4, 0.5) is 4.79 Å². The van der Waals surface area contributed by atoms with Gasteiger partial charge in [0.2, 0.25) is 5.91 Å². The fourth-order valence-corrected chi connectivity index (χ4v) is 2.23. The van der Waals surface area contributed by atoms with Crippen LogP contribution in [0, 0.1) is 5.41 Å². The van der Waals surface area contributed by atoms with E-state index in [2.05, 4.69) is 29.8 Å². The molecule has 0 bridgehead atoms. The number of carbonyl (C=O) groups excluding carboxylic acids is 2. The Morgan fingerprint density at radius 1 is 1.39 bits per heavy atom. The maximum Gasteiger partial charge on any atom is 0.321 e. The van der Waals surface area contributed by atoms with E-state index in [0.29, 0.717) is 0 Å². The van der Waals surface area contributed by atoms with Crippen molar-refractivity contribution in [2.45, 2.75) is 45.4 Å². The molecule has 1 aliphatic rings. The SMILES string of the molecule is CNC(=O)NC(=O)C(C)NC1CC(OC)C1(C)C. The van der Waals surface area contributed by atoms with E-state index in [1.807, 2.05) is 0 Å². The number of amides is 3. The molecule has 0 aromatic heterocycles. The first-order chi connectivity index (χ1) is 8.32. The van der Waals surface area contributed by atoms with Crippen LogP contribution in [0.25, 0.3) is 0 Å². The lowest BCUT2D eigenvalue weighted by atomic mass is 9.64. The monoisotopic (exact) mass is 257 g/mol. The van der Waals surface area contributed by atoms with Crippen LogP contribution in [0.1, 0.15) is 27.2 Å². The van der Waals surface area contributed by atoms with E-state index in [0.717, 1.165) is 6.42 Å². The molecule has 0 aliphatic heterocycles. The van der Waals surface area contributed by atoms with Gasteiger partial charge in [0.25, 0.3) is 0 Å². The summed E-state index contributed by atoms with van der Waals surface area (Å²) in [6.45, 7) is 5.95. The minimum Gasteiger partial charge on any atom is -0.381 e. The predicted octanol–water partition coefficient (Wildman–Crippen LogP) is 0.234. The van der Waals surface area contributed by atoms with Crippen LogP contribution in [0.3, 0.4) is 0 Å². The normalized spacial score (nSPS) is 26.9. The maximum atomic E-state index is 11.7. The van der Waals surface area contributed by atoms with Gasteiger partial charge < -0.3 is 15.4 Å². The van der Waals surface area contributed by atoms with Crippen molar-refractivity contribution in [3.05, 3.63) is 0 Å². The quantitative estimate of drug-likeness (QED) is 0.674. The van der Waals surface area contributed by atoms with Crippen molar-refractivity contribution in [1.29, 1.82) is 0 Å². The molecule has 18 heavy (non-hydrogen) atoms. The molecule has 1 aliphatic carbocycles. The summed E-state index contributed by atoms with van der Waals surface area (Å²) < 4.78 is 5.35. The Morgan fingerprint density at radius 3 is 2.44 bits per heavy atom. The number of nitrogens with one attached hydrogen (secondary N) is 3. The van der Waals surface area contributed by atoms with Gasteiger partial charge in [-0.3, -0.25) is 10.1 Å². The molecule has 0 radical (unpaired) electrons. The van der Waals surface area contributed by atoms with E-state index >= 15 is 0 Å². The summed E-state index contributed by atoms with van der Waals surface area (Å²) in [5, 5.41) is 7.83. The van der Waals surface area contributed by atoms with Crippen LogP contribution in [0.15, 0.2) is 0 Å². The molecule has 0 saturated heterocycles. The Bertz CT molecular complexity index is 331. The van der Waals surface area contributed by atoms with Crippen molar-refractivity contribution in [3.63, 3.8) is 0 Å². The Kier molecular flexibility index (Phi) is 4.70. The lowest BCUT2D eigenvalue weighted by molar-refractivity contribution is -0.126. The number of hydrogen-bond donors (Lipinski definition) is 3. The molecule has 3 amide bonds. The number of urea groups is 1. The number of carbonyl (C=O) groups is 2. The molecule has 1 fully saturated rings. The fourth-order valence-electron chi connectivity index (χ4n) is 2.23. The minimum atomic E-state index is -0.490. The van der Waals surface area contributed by atoms with E-state index < -0.39 is 12.1 Å². The second-order valence-electron chi connectivity index (χ2n) is 5.29. The van der Waals surface area contributed by atoms with E-state index in [1.54, 1.807) is 14.0 Å². The van der Waals surface area contributed by atoms with Crippen LogP contribution in [0.2, 0.25) is 0 Å². The largest absolute Gasteiger partial charge is 0.381 e. The third kappa shape index (κ3) is 3.00. The molecular formula is C12H23N3O3. The second-order valence-corrected chi connectivity index (χ2v) is 5.29. The molecule has 0 heterocycles. The van der Waals surface area contributed by atoms with Gasteiger partial charge >= 0.3 is 6.03 Å². The van der Waals surface area contributed by atoms with Gasteiger partial charge in [0.15, 0.2) is 0 Å². The van der Waals surface area contributed by atoms with Crippen LogP contribution in [0.5, 0.6) is 0 Å². The van der Waals surface area contributed by atoms with Gasteiger partial charge in [-0.15, -0.1) is 0 Å². The zero-order chi connectivity index (χ0) is 13.9. The highest BCUT2D eigenvalue weighted by Crippen LogP contribution is 2.42. The van der Waals surface area contributed by atoms with Crippen molar-refractivity contribution < 1.29 is 14.3 Å².